The number of hydrogen-bond acceptors (Lipinski definition) is 3. The van der Waals surface area contributed by atoms with Gasteiger partial charge >= 0.3 is 0 Å². The fourth-order valence-electron chi connectivity index (χ4n) is 2.11. The molecule has 0 aliphatic heterocycles. The van der Waals surface area contributed by atoms with Gasteiger partial charge in [-0.2, -0.15) is 5.10 Å². The van der Waals surface area contributed by atoms with Gasteiger partial charge in [-0.3, -0.25) is 4.98 Å². The molecule has 1 N–H and O–H groups in total. The molecule has 0 radical (unpaired) electrons. The first-order chi connectivity index (χ1) is 9.15. The molecule has 4 heteroatoms. The van der Waals surface area contributed by atoms with E-state index in [9.17, 15) is 0 Å². The van der Waals surface area contributed by atoms with Crippen molar-refractivity contribution in [1.82, 2.24) is 20.1 Å². The highest BCUT2D eigenvalue weighted by molar-refractivity contribution is 5.41. The van der Waals surface area contributed by atoms with Crippen molar-refractivity contribution in [3.63, 3.8) is 0 Å². The second-order valence-electron chi connectivity index (χ2n) is 4.89. The molecule has 0 aliphatic carbocycles. The van der Waals surface area contributed by atoms with E-state index in [1.165, 1.54) is 16.8 Å². The SMILES string of the molecule is CCCNCc1ccncc1-n1nc(C)c(C)c1C. The minimum Gasteiger partial charge on any atom is -0.313 e. The van der Waals surface area contributed by atoms with E-state index >= 15 is 0 Å². The van der Waals surface area contributed by atoms with E-state index in [-0.39, 0.29) is 0 Å². The maximum atomic E-state index is 4.62. The zero-order chi connectivity index (χ0) is 13.8. The monoisotopic (exact) mass is 258 g/mol. The normalized spacial score (nSPS) is 10.9. The van der Waals surface area contributed by atoms with Crippen LogP contribution in [0, 0.1) is 20.8 Å². The molecule has 2 rings (SSSR count). The van der Waals surface area contributed by atoms with Crippen LogP contribution in [0.4, 0.5) is 0 Å². The van der Waals surface area contributed by atoms with Crippen LogP contribution in [-0.2, 0) is 6.54 Å². The predicted octanol–water partition coefficient (Wildman–Crippen LogP) is 2.69. The Hall–Kier alpha value is -1.68. The van der Waals surface area contributed by atoms with Gasteiger partial charge in [-0.1, -0.05) is 6.92 Å². The van der Waals surface area contributed by atoms with Crippen molar-refractivity contribution in [2.75, 3.05) is 6.54 Å². The highest BCUT2D eigenvalue weighted by Crippen LogP contribution is 2.19. The molecule has 102 valence electrons. The highest BCUT2D eigenvalue weighted by atomic mass is 15.3. The summed E-state index contributed by atoms with van der Waals surface area (Å²) in [7, 11) is 0. The Kier molecular flexibility index (Phi) is 4.32. The third-order valence-corrected chi connectivity index (χ3v) is 3.51. The Balaban J connectivity index is 2.36. The molecular formula is C15H22N4. The van der Waals surface area contributed by atoms with E-state index in [2.05, 4.69) is 42.2 Å². The number of rotatable bonds is 5. The summed E-state index contributed by atoms with van der Waals surface area (Å²) in [5.41, 5.74) is 5.81. The maximum absolute atomic E-state index is 4.62. The summed E-state index contributed by atoms with van der Waals surface area (Å²) in [4.78, 5) is 4.24. The van der Waals surface area contributed by atoms with Gasteiger partial charge in [0.05, 0.1) is 17.6 Å². The van der Waals surface area contributed by atoms with Crippen LogP contribution in [0.25, 0.3) is 5.69 Å². The molecule has 0 bridgehead atoms. The van der Waals surface area contributed by atoms with E-state index < -0.39 is 0 Å². The van der Waals surface area contributed by atoms with E-state index in [0.717, 1.165) is 30.9 Å². The quantitative estimate of drug-likeness (QED) is 0.838. The summed E-state index contributed by atoms with van der Waals surface area (Å²) in [6.07, 6.45) is 4.87. The smallest absolute Gasteiger partial charge is 0.0876 e. The molecule has 0 unspecified atom stereocenters. The van der Waals surface area contributed by atoms with Crippen LogP contribution in [-0.4, -0.2) is 21.3 Å². The van der Waals surface area contributed by atoms with Crippen LogP contribution in [0.1, 0.15) is 35.9 Å². The van der Waals surface area contributed by atoms with Crippen molar-refractivity contribution in [1.29, 1.82) is 0 Å². The minimum atomic E-state index is 0.850. The first-order valence-corrected chi connectivity index (χ1v) is 6.82. The molecule has 2 aromatic rings. The van der Waals surface area contributed by atoms with Crippen LogP contribution in [0.3, 0.4) is 0 Å². The second-order valence-corrected chi connectivity index (χ2v) is 4.89. The molecule has 0 amide bonds. The Morgan fingerprint density at radius 2 is 2.05 bits per heavy atom. The van der Waals surface area contributed by atoms with E-state index in [4.69, 9.17) is 0 Å². The van der Waals surface area contributed by atoms with Gasteiger partial charge < -0.3 is 5.32 Å². The van der Waals surface area contributed by atoms with Gasteiger partial charge in [0, 0.05) is 18.4 Å². The fourth-order valence-corrected chi connectivity index (χ4v) is 2.11. The molecule has 19 heavy (non-hydrogen) atoms. The molecule has 0 atom stereocenters. The largest absolute Gasteiger partial charge is 0.313 e. The van der Waals surface area contributed by atoms with Crippen LogP contribution in [0.5, 0.6) is 0 Å². The molecular weight excluding hydrogens is 236 g/mol. The number of nitrogens with one attached hydrogen (secondary N) is 1. The van der Waals surface area contributed by atoms with Crippen LogP contribution in [0.2, 0.25) is 0 Å². The number of pyridine rings is 1. The molecule has 4 nitrogen and oxygen atoms in total. The average molecular weight is 258 g/mol. The predicted molar refractivity (Wildman–Crippen MR) is 77.6 cm³/mol. The Bertz CT molecular complexity index is 557. The molecule has 0 fully saturated rings. The first-order valence-electron chi connectivity index (χ1n) is 6.82. The van der Waals surface area contributed by atoms with Gasteiger partial charge in [0.1, 0.15) is 0 Å². The molecule has 0 aliphatic rings. The van der Waals surface area contributed by atoms with Gasteiger partial charge in [0.25, 0.3) is 0 Å². The summed E-state index contributed by atoms with van der Waals surface area (Å²) in [6.45, 7) is 10.3. The third-order valence-electron chi connectivity index (χ3n) is 3.51. The van der Waals surface area contributed by atoms with Crippen molar-refractivity contribution in [2.24, 2.45) is 0 Å². The lowest BCUT2D eigenvalue weighted by atomic mass is 10.2. The standard InChI is InChI=1S/C15H22N4/c1-5-7-16-9-14-6-8-17-10-15(14)19-13(4)11(2)12(3)18-19/h6,8,10,16H,5,7,9H2,1-4H3. The van der Waals surface area contributed by atoms with Crippen molar-refractivity contribution < 1.29 is 0 Å². The van der Waals surface area contributed by atoms with Crippen molar-refractivity contribution in [2.45, 2.75) is 40.7 Å². The van der Waals surface area contributed by atoms with Gasteiger partial charge in [0.2, 0.25) is 0 Å². The topological polar surface area (TPSA) is 42.7 Å². The lowest BCUT2D eigenvalue weighted by Gasteiger charge is -2.11. The molecule has 2 aromatic heterocycles. The molecule has 0 aromatic carbocycles. The highest BCUT2D eigenvalue weighted by Gasteiger charge is 2.12. The number of aryl methyl sites for hydroxylation is 1. The van der Waals surface area contributed by atoms with Crippen LogP contribution >= 0.6 is 0 Å². The molecule has 0 spiro atoms. The van der Waals surface area contributed by atoms with Crippen molar-refractivity contribution in [3.8, 4) is 5.69 Å². The summed E-state index contributed by atoms with van der Waals surface area (Å²) in [5, 5.41) is 8.05. The molecule has 0 saturated carbocycles. The van der Waals surface area contributed by atoms with Crippen LogP contribution < -0.4 is 5.32 Å². The Morgan fingerprint density at radius 3 is 2.68 bits per heavy atom. The number of hydrogen-bond donors (Lipinski definition) is 1. The third kappa shape index (κ3) is 2.84. The van der Waals surface area contributed by atoms with E-state index in [1.807, 2.05) is 24.0 Å². The van der Waals surface area contributed by atoms with E-state index in [0.29, 0.717) is 0 Å². The molecule has 2 heterocycles. The van der Waals surface area contributed by atoms with Gasteiger partial charge in [-0.05, 0) is 50.9 Å². The summed E-state index contributed by atoms with van der Waals surface area (Å²) in [6, 6.07) is 2.06. The minimum absolute atomic E-state index is 0.850. The van der Waals surface area contributed by atoms with Crippen molar-refractivity contribution >= 4 is 0 Å². The van der Waals surface area contributed by atoms with Crippen LogP contribution in [0.15, 0.2) is 18.5 Å². The van der Waals surface area contributed by atoms with Crippen molar-refractivity contribution in [3.05, 3.63) is 41.0 Å². The zero-order valence-electron chi connectivity index (χ0n) is 12.2. The Labute approximate surface area is 114 Å². The lowest BCUT2D eigenvalue weighted by Crippen LogP contribution is -2.16. The van der Waals surface area contributed by atoms with Gasteiger partial charge in [0.15, 0.2) is 0 Å². The number of aromatic nitrogens is 3. The van der Waals surface area contributed by atoms with Gasteiger partial charge in [-0.25, -0.2) is 4.68 Å². The number of nitrogens with zero attached hydrogens (tertiary/aromatic N) is 3. The zero-order valence-corrected chi connectivity index (χ0v) is 12.2. The summed E-state index contributed by atoms with van der Waals surface area (Å²) < 4.78 is 2.00. The summed E-state index contributed by atoms with van der Waals surface area (Å²) >= 11 is 0. The first kappa shape index (κ1) is 13.7. The maximum Gasteiger partial charge on any atom is 0.0876 e. The fraction of sp³-hybridized carbons (Fsp3) is 0.467. The second kappa shape index (κ2) is 5.97. The lowest BCUT2D eigenvalue weighted by molar-refractivity contribution is 0.668. The summed E-state index contributed by atoms with van der Waals surface area (Å²) in [5.74, 6) is 0. The molecule has 0 saturated heterocycles. The Morgan fingerprint density at radius 1 is 1.26 bits per heavy atom. The van der Waals surface area contributed by atoms with E-state index in [1.54, 1.807) is 0 Å². The average Bonchev–Trinajstić information content (AvgIpc) is 2.67. The van der Waals surface area contributed by atoms with Gasteiger partial charge in [-0.15, -0.1) is 0 Å².